The van der Waals surface area contributed by atoms with Gasteiger partial charge in [0.2, 0.25) is 0 Å². The van der Waals surface area contributed by atoms with E-state index in [2.05, 4.69) is 31.8 Å². The molecule has 0 aliphatic rings. The standard InChI is InChI=1S/C12H14ClNS/c1-12(2,3)7-10-14-11-8(13)5-4-6-9(11)15-10/h4-6H,7H2,1-3H3. The third-order valence-electron chi connectivity index (χ3n) is 2.10. The molecule has 2 rings (SSSR count). The summed E-state index contributed by atoms with van der Waals surface area (Å²) in [5.41, 5.74) is 1.23. The normalized spacial score (nSPS) is 12.3. The molecule has 0 bridgehead atoms. The van der Waals surface area contributed by atoms with Crippen molar-refractivity contribution in [2.75, 3.05) is 0 Å². The predicted molar refractivity (Wildman–Crippen MR) is 67.8 cm³/mol. The summed E-state index contributed by atoms with van der Waals surface area (Å²) in [6.07, 6.45) is 1.00. The molecular formula is C12H14ClNS. The summed E-state index contributed by atoms with van der Waals surface area (Å²) in [7, 11) is 0. The Hall–Kier alpha value is -0.600. The van der Waals surface area contributed by atoms with Gasteiger partial charge in [0.1, 0.15) is 5.52 Å². The van der Waals surface area contributed by atoms with Crippen LogP contribution >= 0.6 is 22.9 Å². The number of halogens is 1. The van der Waals surface area contributed by atoms with Crippen molar-refractivity contribution in [3.63, 3.8) is 0 Å². The lowest BCUT2D eigenvalue weighted by Crippen LogP contribution is -2.08. The van der Waals surface area contributed by atoms with Gasteiger partial charge in [-0.25, -0.2) is 4.98 Å². The Balaban J connectivity index is 2.44. The van der Waals surface area contributed by atoms with Crippen LogP contribution < -0.4 is 0 Å². The fraction of sp³-hybridized carbons (Fsp3) is 0.417. The Bertz CT molecular complexity index is 482. The molecule has 0 N–H and O–H groups in total. The number of para-hydroxylation sites is 1. The van der Waals surface area contributed by atoms with Crippen molar-refractivity contribution in [3.8, 4) is 0 Å². The lowest BCUT2D eigenvalue weighted by Gasteiger charge is -2.15. The maximum absolute atomic E-state index is 6.09. The number of fused-ring (bicyclic) bond motifs is 1. The number of benzene rings is 1. The highest BCUT2D eigenvalue weighted by Crippen LogP contribution is 2.31. The minimum Gasteiger partial charge on any atom is -0.240 e. The van der Waals surface area contributed by atoms with Crippen LogP contribution in [-0.2, 0) is 6.42 Å². The Morgan fingerprint density at radius 2 is 2.07 bits per heavy atom. The van der Waals surface area contributed by atoms with Gasteiger partial charge in [-0.3, -0.25) is 0 Å². The maximum atomic E-state index is 6.09. The maximum Gasteiger partial charge on any atom is 0.100 e. The van der Waals surface area contributed by atoms with Crippen LogP contribution in [0.15, 0.2) is 18.2 Å². The molecule has 0 amide bonds. The van der Waals surface area contributed by atoms with Crippen molar-refractivity contribution in [2.24, 2.45) is 5.41 Å². The zero-order valence-corrected chi connectivity index (χ0v) is 10.7. The van der Waals surface area contributed by atoms with Crippen molar-refractivity contribution >= 4 is 33.2 Å². The molecule has 0 saturated heterocycles. The number of hydrogen-bond donors (Lipinski definition) is 0. The highest BCUT2D eigenvalue weighted by molar-refractivity contribution is 7.18. The second kappa shape index (κ2) is 3.76. The Labute approximate surface area is 99.1 Å². The lowest BCUT2D eigenvalue weighted by atomic mass is 9.93. The number of hydrogen-bond acceptors (Lipinski definition) is 2. The smallest absolute Gasteiger partial charge is 0.100 e. The van der Waals surface area contributed by atoms with Gasteiger partial charge in [-0.1, -0.05) is 38.4 Å². The van der Waals surface area contributed by atoms with E-state index >= 15 is 0 Å². The third kappa shape index (κ3) is 2.50. The molecule has 1 heterocycles. The van der Waals surface area contributed by atoms with Gasteiger partial charge in [0.05, 0.1) is 14.7 Å². The second-order valence-electron chi connectivity index (χ2n) is 4.93. The summed E-state index contributed by atoms with van der Waals surface area (Å²) < 4.78 is 1.18. The van der Waals surface area contributed by atoms with Crippen LogP contribution in [-0.4, -0.2) is 4.98 Å². The SMILES string of the molecule is CC(C)(C)Cc1nc2c(Cl)cccc2s1. The van der Waals surface area contributed by atoms with Crippen molar-refractivity contribution in [3.05, 3.63) is 28.2 Å². The summed E-state index contributed by atoms with van der Waals surface area (Å²) in [6.45, 7) is 6.67. The number of rotatable bonds is 1. The number of aromatic nitrogens is 1. The fourth-order valence-corrected chi connectivity index (χ4v) is 3.06. The molecule has 2 aromatic rings. The van der Waals surface area contributed by atoms with E-state index in [1.807, 2.05) is 12.1 Å². The topological polar surface area (TPSA) is 12.9 Å². The average molecular weight is 240 g/mol. The van der Waals surface area contributed by atoms with Crippen LogP contribution in [0.5, 0.6) is 0 Å². The molecule has 0 radical (unpaired) electrons. The molecule has 0 spiro atoms. The minimum absolute atomic E-state index is 0.278. The Morgan fingerprint density at radius 1 is 1.33 bits per heavy atom. The molecule has 1 aromatic heterocycles. The van der Waals surface area contributed by atoms with E-state index in [0.717, 1.165) is 17.0 Å². The second-order valence-corrected chi connectivity index (χ2v) is 6.45. The van der Waals surface area contributed by atoms with Gasteiger partial charge in [-0.05, 0) is 17.5 Å². The first-order valence-electron chi connectivity index (χ1n) is 5.00. The van der Waals surface area contributed by atoms with Crippen molar-refractivity contribution in [1.29, 1.82) is 0 Å². The van der Waals surface area contributed by atoms with Crippen LogP contribution in [0, 0.1) is 5.41 Å². The molecule has 0 fully saturated rings. The molecule has 3 heteroatoms. The minimum atomic E-state index is 0.278. The van der Waals surface area contributed by atoms with E-state index in [9.17, 15) is 0 Å². The highest BCUT2D eigenvalue weighted by atomic mass is 35.5. The number of thiazole rings is 1. The molecular weight excluding hydrogens is 226 g/mol. The summed E-state index contributed by atoms with van der Waals surface area (Å²) in [5, 5.41) is 1.93. The van der Waals surface area contributed by atoms with Crippen LogP contribution in [0.25, 0.3) is 10.2 Å². The summed E-state index contributed by atoms with van der Waals surface area (Å²) in [5.74, 6) is 0. The zero-order chi connectivity index (χ0) is 11.1. The van der Waals surface area contributed by atoms with Crippen LogP contribution in [0.1, 0.15) is 25.8 Å². The highest BCUT2D eigenvalue weighted by Gasteiger charge is 2.15. The van der Waals surface area contributed by atoms with Gasteiger partial charge in [0.25, 0.3) is 0 Å². The molecule has 0 aliphatic heterocycles. The van der Waals surface area contributed by atoms with E-state index in [4.69, 9.17) is 11.6 Å². The van der Waals surface area contributed by atoms with Gasteiger partial charge in [0, 0.05) is 6.42 Å². The molecule has 80 valence electrons. The monoisotopic (exact) mass is 239 g/mol. The molecule has 15 heavy (non-hydrogen) atoms. The quantitative estimate of drug-likeness (QED) is 0.712. The van der Waals surface area contributed by atoms with E-state index < -0.39 is 0 Å². The predicted octanol–water partition coefficient (Wildman–Crippen LogP) is 4.54. The third-order valence-corrected chi connectivity index (χ3v) is 3.42. The van der Waals surface area contributed by atoms with Crippen LogP contribution in [0.4, 0.5) is 0 Å². The largest absolute Gasteiger partial charge is 0.240 e. The molecule has 0 atom stereocenters. The van der Waals surface area contributed by atoms with Gasteiger partial charge < -0.3 is 0 Å². The van der Waals surface area contributed by atoms with E-state index in [-0.39, 0.29) is 5.41 Å². The van der Waals surface area contributed by atoms with Crippen molar-refractivity contribution in [2.45, 2.75) is 27.2 Å². The molecule has 1 aromatic carbocycles. The zero-order valence-electron chi connectivity index (χ0n) is 9.17. The van der Waals surface area contributed by atoms with Crippen molar-refractivity contribution < 1.29 is 0 Å². The first-order chi connectivity index (χ1) is 6.96. The van der Waals surface area contributed by atoms with Gasteiger partial charge in [0.15, 0.2) is 0 Å². The van der Waals surface area contributed by atoms with Gasteiger partial charge in [-0.2, -0.15) is 0 Å². The first kappa shape index (κ1) is 10.9. The molecule has 1 nitrogen and oxygen atoms in total. The lowest BCUT2D eigenvalue weighted by molar-refractivity contribution is 0.411. The Kier molecular flexibility index (Phi) is 2.73. The summed E-state index contributed by atoms with van der Waals surface area (Å²) in [6, 6.07) is 5.94. The first-order valence-corrected chi connectivity index (χ1v) is 6.19. The van der Waals surface area contributed by atoms with Crippen LogP contribution in [0.2, 0.25) is 5.02 Å². The van der Waals surface area contributed by atoms with Gasteiger partial charge >= 0.3 is 0 Å². The summed E-state index contributed by atoms with van der Waals surface area (Å²) >= 11 is 7.83. The van der Waals surface area contributed by atoms with Crippen molar-refractivity contribution in [1.82, 2.24) is 4.98 Å². The molecule has 0 saturated carbocycles. The molecule has 0 unspecified atom stereocenters. The summed E-state index contributed by atoms with van der Waals surface area (Å²) in [4.78, 5) is 4.58. The van der Waals surface area contributed by atoms with E-state index in [1.165, 1.54) is 9.71 Å². The van der Waals surface area contributed by atoms with Crippen LogP contribution in [0.3, 0.4) is 0 Å². The van der Waals surface area contributed by atoms with E-state index in [1.54, 1.807) is 11.3 Å². The van der Waals surface area contributed by atoms with Gasteiger partial charge in [-0.15, -0.1) is 11.3 Å². The molecule has 0 aliphatic carbocycles. The average Bonchev–Trinajstić information content (AvgIpc) is 2.45. The van der Waals surface area contributed by atoms with E-state index in [0.29, 0.717) is 0 Å². The fourth-order valence-electron chi connectivity index (χ4n) is 1.49. The number of nitrogens with zero attached hydrogens (tertiary/aromatic N) is 1. The Morgan fingerprint density at radius 3 is 2.67 bits per heavy atom.